The molecule has 40 heteroatoms. The van der Waals surface area contributed by atoms with E-state index < -0.39 is 200 Å². The zero-order valence-corrected chi connectivity index (χ0v) is 76.7. The molecule has 2 unspecified atom stereocenters. The van der Waals surface area contributed by atoms with Gasteiger partial charge >= 0.3 is 40.9 Å². The molecule has 4 fully saturated rings. The molecule has 1 aliphatic carbocycles. The van der Waals surface area contributed by atoms with Gasteiger partial charge in [0.25, 0.3) is 22.2 Å². The number of ether oxygens (including phenoxy) is 6. The lowest BCUT2D eigenvalue weighted by atomic mass is 9.98. The van der Waals surface area contributed by atoms with Gasteiger partial charge in [-0.25, -0.2) is 24.0 Å². The minimum atomic E-state index is -1.41. The van der Waals surface area contributed by atoms with Gasteiger partial charge in [-0.15, -0.1) is 52.7 Å². The number of nitrogens with one attached hydrogen (secondary N) is 2. The average Bonchev–Trinajstić information content (AvgIpc) is 1.60. The van der Waals surface area contributed by atoms with E-state index >= 15 is 0 Å². The number of aryl methyl sites for hydroxylation is 2. The second-order valence-corrected chi connectivity index (χ2v) is 53.0. The minimum Gasteiger partial charge on any atom is -0.481 e. The fourth-order valence-electron chi connectivity index (χ4n) is 15.0. The van der Waals surface area contributed by atoms with Crippen molar-refractivity contribution in [1.29, 1.82) is 0 Å². The van der Waals surface area contributed by atoms with Crippen LogP contribution in [-0.2, 0) is 87.6 Å². The summed E-state index contributed by atoms with van der Waals surface area (Å²) < 4.78 is 39.8. The number of aliphatic hydroxyl groups excluding tert-OH is 8. The van der Waals surface area contributed by atoms with E-state index in [2.05, 4.69) is 88.5 Å². The monoisotopic (exact) mass is 1830 g/mol. The fourth-order valence-corrected chi connectivity index (χ4v) is 18.8. The molecule has 8 heterocycles. The normalized spacial score (nSPS) is 24.6. The fraction of sp³-hybridized carbons (Fsp3) is 0.565. The van der Waals surface area contributed by atoms with E-state index in [4.69, 9.17) is 33.5 Å². The SMILES string of the molecule is C=P(C)(C)CC[C@H]1O[C@@H](c2cn(C)c(=O)n(CCC(C)C(=O)O)c2=O)[C@H](O)[C@@H]1O.C=P(C)(C)CC[C@H]1O[C@@H](c2cn(C)c(=O)n(CCC(C)C(=O)OC(=O)OCC3c4ccccc4-c4ccccc43)c2=O)[C@H](O)[C@@H]1O.C=P(C)(C)CC[C@H]1O[C@@H](n2cc(CC(C)=O)c(=O)[nH]c2=O)[C@H](O)[C@@H]1O.C=P(C)(C)CC[C@H]1O[C@@H](n2cc(CC(C)=O)c(=O)[nH]c2=O)[C@H](O)[C@@H]1O. The lowest BCUT2D eigenvalue weighted by Crippen LogP contribution is -2.42. The zero-order chi connectivity index (χ0) is 93.3. The molecule has 5 aliphatic rings. The molecule has 11 rings (SSSR count). The predicted molar refractivity (Wildman–Crippen MR) is 482 cm³/mol. The number of aliphatic carboxylic acids is 1. The number of carboxylic acid groups (broad SMARTS) is 1. The molecule has 0 radical (unpaired) electrons. The lowest BCUT2D eigenvalue weighted by molar-refractivity contribution is -0.144. The number of ketones is 2. The molecule has 0 amide bonds. The second-order valence-electron chi connectivity index (χ2n) is 35.7. The molecule has 0 bridgehead atoms. The highest BCUT2D eigenvalue weighted by Gasteiger charge is 2.49. The number of esters is 1. The summed E-state index contributed by atoms with van der Waals surface area (Å²) in [4.78, 5) is 162. The summed E-state index contributed by atoms with van der Waals surface area (Å²) in [5, 5.41) is 92.3. The Labute approximate surface area is 722 Å². The third-order valence-corrected chi connectivity index (χ3v) is 28.1. The quantitative estimate of drug-likeness (QED) is 0.0175. The Kier molecular flexibility index (Phi) is 34.9. The number of carboxylic acids is 1. The summed E-state index contributed by atoms with van der Waals surface area (Å²) in [6, 6.07) is 15.7. The molecule has 4 aliphatic heterocycles. The van der Waals surface area contributed by atoms with Gasteiger partial charge in [0, 0.05) is 81.9 Å². The van der Waals surface area contributed by atoms with Crippen LogP contribution >= 0.6 is 27.5 Å². The second kappa shape index (κ2) is 42.7. The molecule has 6 aromatic rings. The van der Waals surface area contributed by atoms with Crippen LogP contribution in [0.3, 0.4) is 0 Å². The van der Waals surface area contributed by atoms with E-state index in [-0.39, 0.29) is 85.1 Å². The van der Waals surface area contributed by atoms with Gasteiger partial charge in [0.05, 0.1) is 47.4 Å². The number of benzene rings is 2. The summed E-state index contributed by atoms with van der Waals surface area (Å²) in [6.45, 7) is 16.5. The third-order valence-electron chi connectivity index (χ3n) is 22.2. The number of Topliss-reactive ketones (excluding diaryl/α,β-unsaturated/α-hetero) is 2. The Balaban J connectivity index is 0.000000215. The molecule has 4 aromatic heterocycles. The standard InChI is InChI=1S/C34H41N2O9P.C19H31N2O7P.2C16H25N2O6P/c1-20(32(40)45-34(42)43-19-26-23-12-8-6-10-21(23)22-11-7-9-13-24(22)26)14-16-36-31(39)25(18-35(2)33(36)41)30-29(38)28(37)27(44-30)15-17-46(3,4)5;1-11(18(25)26)6-8-21-17(24)12(10-20(2)19(21)27)16-15(23)14(22)13(28-16)7-9-29(3,4)5;2*1-9(19)7-10-8-18(16(23)17-14(10)22)15-13(21)12(20)11(24-15)5-6-25(2,3)4/h6-13,18,20,26-30,37-38H,3,14-17,19H2,1-2,4-5H3;10-11,13-16,22-23H,3,6-9H2,1-2,4-5H3,(H,25,26);2*8,11-13,15,20-21H,2,5-7H2,1,3-4H3,(H,17,22,23)/t20?,27-,28-,29-,30+;11?,13-,14-,15-,16+;2*11-,12-,13-,15-/m1111/s1. The van der Waals surface area contributed by atoms with Gasteiger partial charge in [0.2, 0.25) is 0 Å². The number of hydrogen-bond acceptors (Lipinski definition) is 27. The Bertz CT molecular complexity index is 5460. The molecule has 690 valence electrons. The highest BCUT2D eigenvalue weighted by molar-refractivity contribution is 7.73. The van der Waals surface area contributed by atoms with Crippen molar-refractivity contribution >= 4 is 82.4 Å². The highest BCUT2D eigenvalue weighted by Crippen LogP contribution is 2.47. The van der Waals surface area contributed by atoms with Crippen molar-refractivity contribution in [1.82, 2.24) is 37.4 Å². The lowest BCUT2D eigenvalue weighted by Gasteiger charge is -2.19. The first-order chi connectivity index (χ1) is 58.1. The summed E-state index contributed by atoms with van der Waals surface area (Å²) in [7, 11) is 2.93. The van der Waals surface area contributed by atoms with E-state index in [0.29, 0.717) is 25.7 Å². The first-order valence-corrected chi connectivity index (χ1v) is 53.1. The van der Waals surface area contributed by atoms with Gasteiger partial charge in [0.15, 0.2) is 12.5 Å². The summed E-state index contributed by atoms with van der Waals surface area (Å²) in [5.41, 5.74) is -0.896. The van der Waals surface area contributed by atoms with Crippen molar-refractivity contribution in [3.8, 4) is 11.1 Å². The maximum atomic E-state index is 13.4. The van der Waals surface area contributed by atoms with E-state index in [9.17, 15) is 103 Å². The average molecular weight is 1830 g/mol. The van der Waals surface area contributed by atoms with E-state index in [1.807, 2.05) is 48.5 Å². The summed E-state index contributed by atoms with van der Waals surface area (Å²) >= 11 is 0. The third kappa shape index (κ3) is 26.7. The van der Waals surface area contributed by atoms with E-state index in [0.717, 1.165) is 65.2 Å². The Morgan fingerprint density at radius 1 is 0.464 bits per heavy atom. The molecule has 2 aromatic carbocycles. The molecular weight excluding hydrogens is 1700 g/mol. The van der Waals surface area contributed by atoms with Crippen molar-refractivity contribution in [2.24, 2.45) is 25.9 Å². The number of fused-ring (bicyclic) bond motifs is 3. The smallest absolute Gasteiger partial charge is 0.481 e. The maximum absolute atomic E-state index is 13.4. The van der Waals surface area contributed by atoms with Crippen LogP contribution in [0.5, 0.6) is 0 Å². The summed E-state index contributed by atoms with van der Waals surface area (Å²) in [5.74, 6) is -4.10. The number of hydrogen-bond donors (Lipinski definition) is 11. The Morgan fingerprint density at radius 2 is 0.792 bits per heavy atom. The van der Waals surface area contributed by atoms with Crippen LogP contribution in [0.15, 0.2) is 112 Å². The molecule has 4 saturated heterocycles. The number of aromatic amines is 2. The van der Waals surface area contributed by atoms with Crippen molar-refractivity contribution in [3.05, 3.63) is 190 Å². The number of aliphatic hydroxyl groups is 8. The van der Waals surface area contributed by atoms with E-state index in [1.165, 1.54) is 75.7 Å². The first kappa shape index (κ1) is 102. The molecule has 18 atom stereocenters. The number of carbonyl (C=O) groups is 5. The number of rotatable bonds is 30. The largest absolute Gasteiger partial charge is 0.516 e. The predicted octanol–water partition coefficient (Wildman–Crippen LogP) is 2.02. The highest BCUT2D eigenvalue weighted by atomic mass is 31.2. The number of nitrogens with zero attached hydrogens (tertiary/aromatic N) is 6. The topological polar surface area (TPSA) is 521 Å². The van der Waals surface area contributed by atoms with Crippen molar-refractivity contribution in [2.45, 2.75) is 196 Å². The van der Waals surface area contributed by atoms with Crippen molar-refractivity contribution in [2.75, 3.05) is 84.6 Å². The molecule has 0 spiro atoms. The molecular formula is C85H122N8O28P4. The Morgan fingerprint density at radius 3 is 1.13 bits per heavy atom. The van der Waals surface area contributed by atoms with Gasteiger partial charge in [0.1, 0.15) is 79.2 Å². The van der Waals surface area contributed by atoms with Crippen LogP contribution < -0.4 is 45.0 Å². The van der Waals surface area contributed by atoms with Gasteiger partial charge in [-0.3, -0.25) is 66.6 Å². The van der Waals surface area contributed by atoms with Gasteiger partial charge in [-0.2, -0.15) is 0 Å². The van der Waals surface area contributed by atoms with Crippen LogP contribution in [0.1, 0.15) is 130 Å². The Hall–Kier alpha value is -8.37. The van der Waals surface area contributed by atoms with Crippen LogP contribution in [-0.4, -0.2) is 296 Å². The van der Waals surface area contributed by atoms with Gasteiger partial charge < -0.3 is 83.5 Å². The number of H-pyrrole nitrogens is 2. The van der Waals surface area contributed by atoms with Crippen LogP contribution in [0, 0.1) is 11.8 Å². The summed E-state index contributed by atoms with van der Waals surface area (Å²) in [6.07, 6.45) is 8.33. The van der Waals surface area contributed by atoms with E-state index in [1.54, 1.807) is 0 Å². The minimum absolute atomic E-state index is 0.00790. The molecule has 0 saturated carbocycles. The number of carbonyl (C=O) groups excluding carboxylic acids is 4. The number of aromatic nitrogens is 8. The maximum Gasteiger partial charge on any atom is 0.516 e. The zero-order valence-electron chi connectivity index (χ0n) is 73.1. The molecule has 125 heavy (non-hydrogen) atoms. The van der Waals surface area contributed by atoms with Crippen LogP contribution in [0.4, 0.5) is 4.79 Å². The van der Waals surface area contributed by atoms with Crippen molar-refractivity contribution in [3.63, 3.8) is 0 Å². The van der Waals surface area contributed by atoms with Gasteiger partial charge in [-0.1, -0.05) is 62.4 Å². The van der Waals surface area contributed by atoms with Gasteiger partial charge in [-0.05, 0) is 153 Å². The van der Waals surface area contributed by atoms with Crippen LogP contribution in [0.2, 0.25) is 0 Å². The molecule has 36 nitrogen and oxygen atoms in total. The first-order valence-electron chi connectivity index (χ1n) is 40.9. The van der Waals surface area contributed by atoms with Crippen molar-refractivity contribution < 1.29 is 98.4 Å². The molecule has 11 N–H and O–H groups in total. The van der Waals surface area contributed by atoms with Crippen LogP contribution in [0.25, 0.3) is 11.1 Å².